The first kappa shape index (κ1) is 56.0. The minimum absolute atomic E-state index is 0. The van der Waals surface area contributed by atoms with E-state index in [1.807, 2.05) is 0 Å². The summed E-state index contributed by atoms with van der Waals surface area (Å²) in [5.74, 6) is -4.38. The number of rotatable bonds is 28. The van der Waals surface area contributed by atoms with Crippen molar-refractivity contribution >= 4 is 47.8 Å². The van der Waals surface area contributed by atoms with Crippen LogP contribution in [-0.2, 0) is 19.2 Å². The maximum Gasteiger partial charge on any atom is 4.00 e. The second-order valence-electron chi connectivity index (χ2n) is 11.7. The number of hydrogen-bond donors (Lipinski definition) is 0. The minimum Gasteiger partial charge on any atom is -0.545 e. The molecule has 0 amide bonds. The van der Waals surface area contributed by atoms with E-state index in [0.29, 0.717) is 0 Å². The van der Waals surface area contributed by atoms with Gasteiger partial charge in [0.25, 0.3) is 0 Å². The van der Waals surface area contributed by atoms with Gasteiger partial charge >= 0.3 is 23.9 Å². The van der Waals surface area contributed by atoms with Crippen molar-refractivity contribution in [2.75, 3.05) is 0 Å². The number of carboxylic acid groups (broad SMARTS) is 4. The van der Waals surface area contributed by atoms with Crippen molar-refractivity contribution in [3.63, 3.8) is 0 Å². The van der Waals surface area contributed by atoms with E-state index < -0.39 is 23.9 Å². The van der Waals surface area contributed by atoms with Crippen LogP contribution in [0.2, 0.25) is 0 Å². The molecule has 0 spiro atoms. The van der Waals surface area contributed by atoms with E-state index in [1.165, 1.54) is 103 Å². The first-order valence-corrected chi connectivity index (χ1v) is 18.6. The van der Waals surface area contributed by atoms with Gasteiger partial charge in [-0.25, -0.2) is 0 Å². The van der Waals surface area contributed by atoms with E-state index in [1.54, 1.807) is 24.3 Å². The molecular formula is C40H68O8Sn. The van der Waals surface area contributed by atoms with Gasteiger partial charge in [-0.05, 0) is 75.7 Å². The Balaban J connectivity index is -0.000000174. The molecule has 9 heteroatoms. The molecule has 0 N–H and O–H groups in total. The quantitative estimate of drug-likeness (QED) is 0.0512. The van der Waals surface area contributed by atoms with Gasteiger partial charge in [-0.15, -0.1) is 0 Å². The molecule has 0 aromatic rings. The summed E-state index contributed by atoms with van der Waals surface area (Å²) >= 11 is 0. The van der Waals surface area contributed by atoms with Crippen LogP contribution in [0.25, 0.3) is 0 Å². The van der Waals surface area contributed by atoms with Crippen molar-refractivity contribution in [1.82, 2.24) is 0 Å². The second kappa shape index (κ2) is 52.5. The molecule has 0 aliphatic carbocycles. The summed E-state index contributed by atoms with van der Waals surface area (Å²) in [4.78, 5) is 39.7. The fourth-order valence-electron chi connectivity index (χ4n) is 4.18. The van der Waals surface area contributed by atoms with Gasteiger partial charge in [0.1, 0.15) is 0 Å². The maximum atomic E-state index is 9.94. The zero-order valence-corrected chi connectivity index (χ0v) is 34.2. The molecule has 49 heavy (non-hydrogen) atoms. The number of unbranched alkanes of at least 4 members (excludes halogenated alkanes) is 20. The molecule has 0 saturated heterocycles. The number of allylic oxidation sites excluding steroid dienone is 4. The number of hydrogen-bond acceptors (Lipinski definition) is 8. The van der Waals surface area contributed by atoms with Gasteiger partial charge in [0.05, 0.1) is 23.9 Å². The monoisotopic (exact) mass is 796 g/mol. The molecule has 0 unspecified atom stereocenters. The number of carbonyl (C=O) groups is 4. The first-order chi connectivity index (χ1) is 23.1. The van der Waals surface area contributed by atoms with Gasteiger partial charge in [0.15, 0.2) is 0 Å². The average Bonchev–Trinajstić information content (AvgIpc) is 3.03. The van der Waals surface area contributed by atoms with Crippen LogP contribution in [0.3, 0.4) is 0 Å². The minimum atomic E-state index is -1.09. The van der Waals surface area contributed by atoms with Crippen LogP contribution >= 0.6 is 0 Å². The number of aliphatic carboxylic acids is 4. The zero-order chi connectivity index (χ0) is 36.9. The van der Waals surface area contributed by atoms with Crippen molar-refractivity contribution in [2.24, 2.45) is 0 Å². The molecule has 0 aliphatic heterocycles. The van der Waals surface area contributed by atoms with Gasteiger partial charge in [-0.1, -0.05) is 155 Å². The molecule has 0 heterocycles. The molecule has 0 aliphatic rings. The fourth-order valence-corrected chi connectivity index (χ4v) is 4.18. The third kappa shape index (κ3) is 76.8. The second-order valence-corrected chi connectivity index (χ2v) is 11.7. The predicted octanol–water partition coefficient (Wildman–Crippen LogP) is 6.23. The molecule has 0 aromatic carbocycles. The third-order valence-electron chi connectivity index (χ3n) is 6.91. The Morgan fingerprint density at radius 1 is 0.327 bits per heavy atom. The molecule has 0 aromatic heterocycles. The first-order valence-electron chi connectivity index (χ1n) is 18.6. The van der Waals surface area contributed by atoms with E-state index in [2.05, 4.69) is 27.7 Å². The molecule has 0 fully saturated rings. The molecule has 0 bridgehead atoms. The van der Waals surface area contributed by atoms with Gasteiger partial charge < -0.3 is 39.6 Å². The van der Waals surface area contributed by atoms with Crippen LogP contribution in [0.5, 0.6) is 0 Å². The summed E-state index contributed by atoms with van der Waals surface area (Å²) in [5.41, 5.74) is 0. The Bertz CT molecular complexity index is 698. The molecule has 0 rings (SSSR count). The van der Waals surface area contributed by atoms with E-state index in [0.717, 1.165) is 75.7 Å². The van der Waals surface area contributed by atoms with E-state index >= 15 is 0 Å². The largest absolute Gasteiger partial charge is 4.00 e. The van der Waals surface area contributed by atoms with Crippen molar-refractivity contribution in [1.29, 1.82) is 0 Å². The average molecular weight is 796 g/mol. The summed E-state index contributed by atoms with van der Waals surface area (Å²) in [5, 5.41) is 39.7. The number of carbonyl (C=O) groups excluding carboxylic acids is 4. The normalized spacial score (nSPS) is 10.5. The molecule has 8 nitrogen and oxygen atoms in total. The van der Waals surface area contributed by atoms with Crippen LogP contribution in [0.4, 0.5) is 0 Å². The van der Waals surface area contributed by atoms with E-state index in [4.69, 9.17) is 0 Å². The SMILES string of the molecule is CCCCCCCC=CC(=O)[O-].CCCCCCCC=CC(=O)[O-].CCCCCCCC=CC(=O)[O-].CCCCCCCC=CC(=O)[O-].[Sn+4]. The Morgan fingerprint density at radius 3 is 0.633 bits per heavy atom. The Kier molecular flexibility index (Phi) is 60.0. The van der Waals surface area contributed by atoms with Crippen molar-refractivity contribution in [2.45, 2.75) is 182 Å². The van der Waals surface area contributed by atoms with Crippen LogP contribution in [0, 0.1) is 0 Å². The van der Waals surface area contributed by atoms with Crippen molar-refractivity contribution in [3.05, 3.63) is 48.6 Å². The van der Waals surface area contributed by atoms with Crippen molar-refractivity contribution in [3.8, 4) is 0 Å². The van der Waals surface area contributed by atoms with Crippen molar-refractivity contribution < 1.29 is 39.6 Å². The van der Waals surface area contributed by atoms with Crippen LogP contribution in [-0.4, -0.2) is 47.8 Å². The summed E-state index contributed by atoms with van der Waals surface area (Å²) in [6, 6.07) is 0. The predicted molar refractivity (Wildman–Crippen MR) is 196 cm³/mol. The molecule has 0 atom stereocenters. The summed E-state index contributed by atoms with van der Waals surface area (Å²) in [6.07, 6.45) is 38.8. The van der Waals surface area contributed by atoms with Crippen LogP contribution in [0.1, 0.15) is 182 Å². The van der Waals surface area contributed by atoms with Crippen LogP contribution < -0.4 is 20.4 Å². The maximum absolute atomic E-state index is 9.94. The Hall–Kier alpha value is -2.36. The molecular weight excluding hydrogens is 727 g/mol. The summed E-state index contributed by atoms with van der Waals surface area (Å²) in [6.45, 7) is 8.71. The Labute approximate surface area is 316 Å². The van der Waals surface area contributed by atoms with E-state index in [-0.39, 0.29) is 23.9 Å². The fraction of sp³-hybridized carbons (Fsp3) is 0.700. The Morgan fingerprint density at radius 2 is 0.490 bits per heavy atom. The molecule has 280 valence electrons. The van der Waals surface area contributed by atoms with Gasteiger partial charge in [0.2, 0.25) is 0 Å². The standard InChI is InChI=1S/4C10H18O2.Sn/c4*1-2-3-4-5-6-7-8-9-10(11)12;/h4*8-9H,2-7H2,1H3,(H,11,12);/q;;;;+4/p-4. The molecule has 0 saturated carbocycles. The van der Waals surface area contributed by atoms with Crippen LogP contribution in [0.15, 0.2) is 48.6 Å². The topological polar surface area (TPSA) is 161 Å². The smallest absolute Gasteiger partial charge is 0.545 e. The van der Waals surface area contributed by atoms with Gasteiger partial charge in [0, 0.05) is 0 Å². The zero-order valence-electron chi connectivity index (χ0n) is 31.4. The summed E-state index contributed by atoms with van der Waals surface area (Å²) < 4.78 is 0. The number of carboxylic acids is 4. The van der Waals surface area contributed by atoms with Gasteiger partial charge in [-0.2, -0.15) is 0 Å². The van der Waals surface area contributed by atoms with Gasteiger partial charge in [-0.3, -0.25) is 0 Å². The molecule has 0 radical (unpaired) electrons. The summed E-state index contributed by atoms with van der Waals surface area (Å²) in [7, 11) is 0. The van der Waals surface area contributed by atoms with E-state index in [9.17, 15) is 39.6 Å². The third-order valence-corrected chi connectivity index (χ3v) is 6.91.